The molecule has 1 aliphatic rings. The van der Waals surface area contributed by atoms with E-state index in [1.54, 1.807) is 18.2 Å². The van der Waals surface area contributed by atoms with Crippen LogP contribution in [-0.4, -0.2) is 5.11 Å². The fourth-order valence-electron chi connectivity index (χ4n) is 2.38. The van der Waals surface area contributed by atoms with Crippen LogP contribution in [0.1, 0.15) is 29.8 Å². The number of aliphatic hydroxyl groups excluding tert-OH is 1. The van der Waals surface area contributed by atoms with Crippen molar-refractivity contribution in [2.45, 2.75) is 18.6 Å². The molecule has 6 heteroatoms. The zero-order valence-electron chi connectivity index (χ0n) is 10.6. The summed E-state index contributed by atoms with van der Waals surface area (Å²) in [7, 11) is 0. The van der Waals surface area contributed by atoms with E-state index in [0.717, 1.165) is 12.1 Å². The predicted octanol–water partition coefficient (Wildman–Crippen LogP) is 4.31. The Labute approximate surface area is 123 Å². The molecule has 1 heterocycles. The van der Waals surface area contributed by atoms with Crippen molar-refractivity contribution in [1.82, 2.24) is 0 Å². The van der Waals surface area contributed by atoms with E-state index in [4.69, 9.17) is 16.3 Å². The van der Waals surface area contributed by atoms with Crippen LogP contribution in [0.3, 0.4) is 0 Å². The van der Waals surface area contributed by atoms with Gasteiger partial charge in [0.1, 0.15) is 11.9 Å². The third kappa shape index (κ3) is 2.59. The lowest BCUT2D eigenvalue weighted by atomic mass is 9.95. The fourth-order valence-corrected chi connectivity index (χ4v) is 2.56. The third-order valence-electron chi connectivity index (χ3n) is 3.42. The van der Waals surface area contributed by atoms with Crippen molar-refractivity contribution in [1.29, 1.82) is 0 Å². The standard InChI is InChI=1S/C15H10ClF3O2/c16-8-1-2-13-9(5-8)12(20)6-14(21-13)7-3-10(17)15(19)11(18)4-7/h1-5,12,14,20H,6H2/t12-,14?/m1/s1. The van der Waals surface area contributed by atoms with E-state index in [1.807, 2.05) is 0 Å². The first-order valence-corrected chi connectivity index (χ1v) is 6.62. The first kappa shape index (κ1) is 14.2. The molecule has 1 N–H and O–H groups in total. The Morgan fingerprint density at radius 1 is 1.10 bits per heavy atom. The smallest absolute Gasteiger partial charge is 0.194 e. The molecule has 0 spiro atoms. The Balaban J connectivity index is 1.98. The second-order valence-electron chi connectivity index (χ2n) is 4.84. The molecule has 2 aromatic carbocycles. The summed E-state index contributed by atoms with van der Waals surface area (Å²) in [6, 6.07) is 6.47. The van der Waals surface area contributed by atoms with Gasteiger partial charge in [-0.3, -0.25) is 0 Å². The van der Waals surface area contributed by atoms with Gasteiger partial charge in [-0.15, -0.1) is 0 Å². The number of fused-ring (bicyclic) bond motifs is 1. The van der Waals surface area contributed by atoms with Crippen LogP contribution >= 0.6 is 11.6 Å². The Kier molecular flexibility index (Phi) is 3.55. The molecule has 0 saturated heterocycles. The number of ether oxygens (including phenoxy) is 1. The Morgan fingerprint density at radius 2 is 1.76 bits per heavy atom. The van der Waals surface area contributed by atoms with Crippen LogP contribution in [-0.2, 0) is 0 Å². The van der Waals surface area contributed by atoms with Crippen LogP contribution in [0.25, 0.3) is 0 Å². The Morgan fingerprint density at radius 3 is 2.43 bits per heavy atom. The number of hydrogen-bond donors (Lipinski definition) is 1. The molecule has 0 amide bonds. The number of rotatable bonds is 1. The van der Waals surface area contributed by atoms with Gasteiger partial charge in [0.2, 0.25) is 0 Å². The minimum Gasteiger partial charge on any atom is -0.485 e. The fraction of sp³-hybridized carbons (Fsp3) is 0.200. The monoisotopic (exact) mass is 314 g/mol. The summed E-state index contributed by atoms with van der Waals surface area (Å²) in [6.07, 6.45) is -1.55. The zero-order chi connectivity index (χ0) is 15.1. The van der Waals surface area contributed by atoms with Crippen LogP contribution in [0, 0.1) is 17.5 Å². The van der Waals surface area contributed by atoms with E-state index in [2.05, 4.69) is 0 Å². The summed E-state index contributed by atoms with van der Waals surface area (Å²) in [6.45, 7) is 0. The SMILES string of the molecule is O[C@@H]1CC(c2cc(F)c(F)c(F)c2)Oc2ccc(Cl)cc21. The van der Waals surface area contributed by atoms with Gasteiger partial charge in [-0.25, -0.2) is 13.2 Å². The predicted molar refractivity (Wildman–Crippen MR) is 70.7 cm³/mol. The van der Waals surface area contributed by atoms with Crippen LogP contribution in [0.15, 0.2) is 30.3 Å². The highest BCUT2D eigenvalue weighted by atomic mass is 35.5. The van der Waals surface area contributed by atoms with E-state index in [9.17, 15) is 18.3 Å². The van der Waals surface area contributed by atoms with Gasteiger partial charge < -0.3 is 9.84 Å². The highest BCUT2D eigenvalue weighted by Crippen LogP contribution is 2.42. The van der Waals surface area contributed by atoms with E-state index < -0.39 is 29.7 Å². The molecule has 0 aliphatic carbocycles. The molecule has 1 aliphatic heterocycles. The molecule has 110 valence electrons. The number of aliphatic hydroxyl groups is 1. The minimum atomic E-state index is -1.53. The Hall–Kier alpha value is -1.72. The second-order valence-corrected chi connectivity index (χ2v) is 5.28. The molecule has 2 atom stereocenters. The first-order chi connectivity index (χ1) is 9.95. The molecule has 0 aromatic heterocycles. The molecule has 2 aromatic rings. The van der Waals surface area contributed by atoms with E-state index in [-0.39, 0.29) is 12.0 Å². The molecule has 0 fully saturated rings. The summed E-state index contributed by atoms with van der Waals surface area (Å²) in [5.74, 6) is -3.72. The molecular formula is C15H10ClF3O2. The number of hydrogen-bond acceptors (Lipinski definition) is 2. The highest BCUT2D eigenvalue weighted by Gasteiger charge is 2.29. The van der Waals surface area contributed by atoms with E-state index in [0.29, 0.717) is 16.3 Å². The van der Waals surface area contributed by atoms with Crippen LogP contribution in [0.4, 0.5) is 13.2 Å². The van der Waals surface area contributed by atoms with Gasteiger partial charge >= 0.3 is 0 Å². The first-order valence-electron chi connectivity index (χ1n) is 6.24. The summed E-state index contributed by atoms with van der Waals surface area (Å²) in [4.78, 5) is 0. The normalized spacial score (nSPS) is 20.8. The summed E-state index contributed by atoms with van der Waals surface area (Å²) in [5.41, 5.74) is 0.646. The van der Waals surface area contributed by atoms with Crippen molar-refractivity contribution >= 4 is 11.6 Å². The molecule has 0 bridgehead atoms. The largest absolute Gasteiger partial charge is 0.485 e. The minimum absolute atomic E-state index is 0.0951. The van der Waals surface area contributed by atoms with Crippen molar-refractivity contribution < 1.29 is 23.0 Å². The Bertz CT molecular complexity index is 682. The maximum absolute atomic E-state index is 13.3. The lowest BCUT2D eigenvalue weighted by molar-refractivity contribution is 0.0653. The van der Waals surface area contributed by atoms with Crippen LogP contribution in [0.2, 0.25) is 5.02 Å². The lowest BCUT2D eigenvalue weighted by Gasteiger charge is -2.30. The van der Waals surface area contributed by atoms with Crippen molar-refractivity contribution in [2.75, 3.05) is 0 Å². The molecule has 21 heavy (non-hydrogen) atoms. The summed E-state index contributed by atoms with van der Waals surface area (Å²) >= 11 is 5.85. The van der Waals surface area contributed by atoms with Crippen molar-refractivity contribution in [3.63, 3.8) is 0 Å². The zero-order valence-corrected chi connectivity index (χ0v) is 11.4. The molecule has 0 saturated carbocycles. The maximum atomic E-state index is 13.3. The number of halogens is 4. The van der Waals surface area contributed by atoms with Crippen LogP contribution < -0.4 is 4.74 Å². The maximum Gasteiger partial charge on any atom is 0.194 e. The molecule has 1 unspecified atom stereocenters. The number of benzene rings is 2. The summed E-state index contributed by atoms with van der Waals surface area (Å²) < 4.78 is 45.2. The molecule has 3 rings (SSSR count). The van der Waals surface area contributed by atoms with Gasteiger partial charge in [0.05, 0.1) is 6.10 Å². The average molecular weight is 315 g/mol. The topological polar surface area (TPSA) is 29.5 Å². The van der Waals surface area contributed by atoms with Gasteiger partial charge in [0, 0.05) is 17.0 Å². The van der Waals surface area contributed by atoms with Crippen molar-refractivity contribution in [3.8, 4) is 5.75 Å². The van der Waals surface area contributed by atoms with E-state index >= 15 is 0 Å². The van der Waals surface area contributed by atoms with Crippen molar-refractivity contribution in [3.05, 3.63) is 63.9 Å². The van der Waals surface area contributed by atoms with E-state index in [1.165, 1.54) is 0 Å². The molecule has 0 radical (unpaired) electrons. The second kappa shape index (κ2) is 5.24. The highest BCUT2D eigenvalue weighted by molar-refractivity contribution is 6.30. The van der Waals surface area contributed by atoms with Crippen molar-refractivity contribution in [2.24, 2.45) is 0 Å². The quantitative estimate of drug-likeness (QED) is 0.795. The molecular weight excluding hydrogens is 305 g/mol. The van der Waals surface area contributed by atoms with Gasteiger partial charge in [0.25, 0.3) is 0 Å². The third-order valence-corrected chi connectivity index (χ3v) is 3.65. The van der Waals surface area contributed by atoms with Gasteiger partial charge in [-0.05, 0) is 35.9 Å². The van der Waals surface area contributed by atoms with Gasteiger partial charge in [-0.2, -0.15) is 0 Å². The summed E-state index contributed by atoms with van der Waals surface area (Å²) in [5, 5.41) is 10.6. The molecule has 2 nitrogen and oxygen atoms in total. The van der Waals surface area contributed by atoms with Gasteiger partial charge in [0.15, 0.2) is 17.5 Å². The lowest BCUT2D eigenvalue weighted by Crippen LogP contribution is -2.19. The van der Waals surface area contributed by atoms with Gasteiger partial charge in [-0.1, -0.05) is 11.6 Å². The van der Waals surface area contributed by atoms with Crippen LogP contribution in [0.5, 0.6) is 5.75 Å². The average Bonchev–Trinajstić information content (AvgIpc) is 2.44.